The molecule has 0 aliphatic carbocycles. The van der Waals surface area contributed by atoms with Gasteiger partial charge in [0.25, 0.3) is 0 Å². The van der Waals surface area contributed by atoms with E-state index in [2.05, 4.69) is 128 Å². The van der Waals surface area contributed by atoms with Gasteiger partial charge < -0.3 is 0 Å². The van der Waals surface area contributed by atoms with E-state index in [1.165, 1.54) is 0 Å². The van der Waals surface area contributed by atoms with Gasteiger partial charge in [-0.1, -0.05) is 0 Å². The second-order valence-corrected chi connectivity index (χ2v) is 48.4. The van der Waals surface area contributed by atoms with Crippen LogP contribution in [-0.4, -0.2) is 59.3 Å². The van der Waals surface area contributed by atoms with Crippen LogP contribution in [0, 0.1) is 0 Å². The zero-order valence-corrected chi connectivity index (χ0v) is 29.7. The van der Waals surface area contributed by atoms with E-state index in [0.29, 0.717) is 0 Å². The monoisotopic (exact) mass is 539 g/mol. The molecular formula is C18H54CoN3Si6. The molecule has 3 nitrogen and oxygen atoms in total. The van der Waals surface area contributed by atoms with E-state index < -0.39 is 49.4 Å². The van der Waals surface area contributed by atoms with Crippen molar-refractivity contribution in [3.63, 3.8) is 0 Å². The van der Waals surface area contributed by atoms with Crippen molar-refractivity contribution >= 4 is 49.4 Å². The Hall–Kier alpha value is 1.69. The Morgan fingerprint density at radius 2 is 0.393 bits per heavy atom. The van der Waals surface area contributed by atoms with Crippen molar-refractivity contribution in [3.05, 3.63) is 0 Å². The molecular weight excluding hydrogens is 486 g/mol. The van der Waals surface area contributed by atoms with Crippen LogP contribution in [0.1, 0.15) is 0 Å². The zero-order valence-electron chi connectivity index (χ0n) is 22.7. The summed E-state index contributed by atoms with van der Waals surface area (Å²) in [6.45, 7) is 47.0. The summed E-state index contributed by atoms with van der Waals surface area (Å²) >= 11 is -0.376. The number of hydrogen-bond acceptors (Lipinski definition) is 3. The molecule has 0 heterocycles. The molecule has 174 valence electrons. The van der Waals surface area contributed by atoms with E-state index in [-0.39, 0.29) is 14.3 Å². The molecule has 0 fully saturated rings. The van der Waals surface area contributed by atoms with Gasteiger partial charge in [-0.2, -0.15) is 0 Å². The molecule has 0 unspecified atom stereocenters. The van der Waals surface area contributed by atoms with Crippen LogP contribution in [0.3, 0.4) is 0 Å². The molecule has 10 heteroatoms. The Bertz CT molecular complexity index is 400. The average Bonchev–Trinajstić information content (AvgIpc) is 2.13. The van der Waals surface area contributed by atoms with Crippen molar-refractivity contribution in [1.82, 2.24) is 9.84 Å². The van der Waals surface area contributed by atoms with E-state index in [4.69, 9.17) is 0 Å². The van der Waals surface area contributed by atoms with Crippen LogP contribution >= 0.6 is 0 Å². The molecule has 0 spiro atoms. The molecule has 0 aromatic heterocycles. The summed E-state index contributed by atoms with van der Waals surface area (Å²) in [5.74, 6) is 0. The zero-order chi connectivity index (χ0) is 23.3. The topological polar surface area (TPSA) is 9.72 Å². The molecule has 0 rings (SSSR count). The Kier molecular flexibility index (Phi) is 9.44. The predicted octanol–water partition coefficient (Wildman–Crippen LogP) is 7.27. The summed E-state index contributed by atoms with van der Waals surface area (Å²) in [4.78, 5) is 0. The van der Waals surface area contributed by atoms with Crippen molar-refractivity contribution in [2.75, 3.05) is 0 Å². The van der Waals surface area contributed by atoms with E-state index in [1.54, 1.807) is 0 Å². The summed E-state index contributed by atoms with van der Waals surface area (Å²) in [5.41, 5.74) is 0. The average molecular weight is 540 g/mol. The number of rotatable bonds is 9. The van der Waals surface area contributed by atoms with Crippen LogP contribution in [0.25, 0.3) is 0 Å². The summed E-state index contributed by atoms with van der Waals surface area (Å²) < 4.78 is 9.62. The summed E-state index contributed by atoms with van der Waals surface area (Å²) in [5, 5.41) is 0. The molecule has 0 N–H and O–H groups in total. The van der Waals surface area contributed by atoms with E-state index in [9.17, 15) is 0 Å². The molecule has 0 radical (unpaired) electrons. The van der Waals surface area contributed by atoms with E-state index >= 15 is 0 Å². The standard InChI is InChI=1S/3C6H18NSi2.Co/c3*1-8(2,3)7-9(4,5)6;/h3*1-6H3;/q3*-1;+3. The van der Waals surface area contributed by atoms with Crippen LogP contribution in [0.2, 0.25) is 118 Å². The first kappa shape index (κ1) is 29.7. The van der Waals surface area contributed by atoms with Crippen LogP contribution in [-0.2, 0) is 14.3 Å². The Balaban J connectivity index is 7.30. The Morgan fingerprint density at radius 1 is 0.286 bits per heavy atom. The molecule has 28 heavy (non-hydrogen) atoms. The summed E-state index contributed by atoms with van der Waals surface area (Å²) in [6.07, 6.45) is 0. The number of nitrogens with zero attached hydrogens (tertiary/aromatic N) is 3. The normalized spacial score (nSPS) is 16.4. The maximum atomic E-state index is 3.21. The molecule has 0 aromatic carbocycles. The maximum absolute atomic E-state index is 3.21. The minimum absolute atomic E-state index is 0.376. The molecule has 0 aliphatic rings. The van der Waals surface area contributed by atoms with Gasteiger partial charge >= 0.3 is 191 Å². The van der Waals surface area contributed by atoms with Gasteiger partial charge in [0, 0.05) is 0 Å². The SMILES string of the molecule is C[Si](C)(C)[N]([Co]([N]([Si](C)(C)C)[Si](C)(C)C)[N]([Si](C)(C)C)[Si](C)(C)C)[Si](C)(C)C. The second-order valence-electron chi connectivity index (χ2n) is 14.0. The third kappa shape index (κ3) is 7.99. The first-order valence-corrected chi connectivity index (χ1v) is 32.9. The third-order valence-electron chi connectivity index (χ3n) is 3.75. The van der Waals surface area contributed by atoms with Crippen LogP contribution in [0.5, 0.6) is 0 Å². The Labute approximate surface area is 190 Å². The van der Waals surface area contributed by atoms with E-state index in [0.717, 1.165) is 0 Å². The molecule has 0 saturated heterocycles. The fourth-order valence-corrected chi connectivity index (χ4v) is 49.4. The van der Waals surface area contributed by atoms with Gasteiger partial charge in [0.15, 0.2) is 0 Å². The Morgan fingerprint density at radius 3 is 0.464 bits per heavy atom. The van der Waals surface area contributed by atoms with Gasteiger partial charge in [-0.05, 0) is 0 Å². The first-order chi connectivity index (χ1) is 11.7. The van der Waals surface area contributed by atoms with Crippen molar-refractivity contribution in [2.45, 2.75) is 118 Å². The summed E-state index contributed by atoms with van der Waals surface area (Å²) in [7, 11) is -8.98. The van der Waals surface area contributed by atoms with Gasteiger partial charge in [-0.15, -0.1) is 0 Å². The van der Waals surface area contributed by atoms with Gasteiger partial charge in [0.2, 0.25) is 0 Å². The van der Waals surface area contributed by atoms with Crippen molar-refractivity contribution < 1.29 is 14.3 Å². The fourth-order valence-electron chi connectivity index (χ4n) is 4.42. The molecule has 0 bridgehead atoms. The van der Waals surface area contributed by atoms with Crippen LogP contribution in [0.4, 0.5) is 0 Å². The van der Waals surface area contributed by atoms with Crippen LogP contribution in [0.15, 0.2) is 0 Å². The van der Waals surface area contributed by atoms with Gasteiger partial charge in [-0.25, -0.2) is 0 Å². The van der Waals surface area contributed by atoms with Crippen molar-refractivity contribution in [1.29, 1.82) is 0 Å². The van der Waals surface area contributed by atoms with Gasteiger partial charge in [0.05, 0.1) is 0 Å². The molecule has 0 atom stereocenters. The van der Waals surface area contributed by atoms with Gasteiger partial charge in [0.1, 0.15) is 0 Å². The third-order valence-corrected chi connectivity index (χ3v) is 39.7. The van der Waals surface area contributed by atoms with Crippen molar-refractivity contribution in [2.24, 2.45) is 0 Å². The summed E-state index contributed by atoms with van der Waals surface area (Å²) in [6, 6.07) is 0. The minimum atomic E-state index is -1.50. The predicted molar refractivity (Wildman–Crippen MR) is 146 cm³/mol. The first-order valence-electron chi connectivity index (χ1n) is 10.8. The van der Waals surface area contributed by atoms with Crippen molar-refractivity contribution in [3.8, 4) is 0 Å². The molecule has 0 aromatic rings. The molecule has 0 saturated carbocycles. The number of hydrogen-bond donors (Lipinski definition) is 0. The van der Waals surface area contributed by atoms with E-state index in [1.807, 2.05) is 0 Å². The van der Waals surface area contributed by atoms with Crippen LogP contribution < -0.4 is 0 Å². The fraction of sp³-hybridized carbons (Fsp3) is 1.00. The quantitative estimate of drug-likeness (QED) is 0.285. The molecule has 0 amide bonds. The van der Waals surface area contributed by atoms with Gasteiger partial charge in [-0.3, -0.25) is 0 Å². The molecule has 0 aliphatic heterocycles. The second kappa shape index (κ2) is 8.91.